The van der Waals surface area contributed by atoms with Crippen molar-refractivity contribution in [3.8, 4) is 5.75 Å². The first-order valence-corrected chi connectivity index (χ1v) is 10.6. The summed E-state index contributed by atoms with van der Waals surface area (Å²) in [6.07, 6.45) is 1.24. The second-order valence-electron chi connectivity index (χ2n) is 8.05. The predicted molar refractivity (Wildman–Crippen MR) is 116 cm³/mol. The zero-order valence-corrected chi connectivity index (χ0v) is 17.5. The van der Waals surface area contributed by atoms with E-state index in [0.29, 0.717) is 12.3 Å². The van der Waals surface area contributed by atoms with Gasteiger partial charge >= 0.3 is 0 Å². The van der Waals surface area contributed by atoms with Crippen molar-refractivity contribution in [3.05, 3.63) is 60.2 Å². The average Bonchev–Trinajstić information content (AvgIpc) is 3.02. The Bertz CT molecular complexity index is 886. The van der Waals surface area contributed by atoms with E-state index in [-0.39, 0.29) is 24.2 Å². The maximum absolute atomic E-state index is 13.2. The standard InChI is InChI=1S/C24H29N3O3/c1-30-22-10-5-9-21(16-22)27-18-20(15-23(27)28)24(29)26-12-6-11-25(13-14-26)17-19-7-3-2-4-8-19/h2-5,7-10,16,20H,6,11-15,17-18H2,1H3. The van der Waals surface area contributed by atoms with Crippen LogP contribution in [-0.2, 0) is 16.1 Å². The number of rotatable bonds is 5. The van der Waals surface area contributed by atoms with Gasteiger partial charge in [0.25, 0.3) is 0 Å². The van der Waals surface area contributed by atoms with Crippen LogP contribution in [0.3, 0.4) is 0 Å². The smallest absolute Gasteiger partial charge is 0.228 e. The summed E-state index contributed by atoms with van der Waals surface area (Å²) in [5.41, 5.74) is 2.09. The largest absolute Gasteiger partial charge is 0.497 e. The van der Waals surface area contributed by atoms with E-state index in [0.717, 1.165) is 44.8 Å². The minimum atomic E-state index is -0.274. The second kappa shape index (κ2) is 9.30. The highest BCUT2D eigenvalue weighted by Gasteiger charge is 2.37. The molecule has 0 radical (unpaired) electrons. The minimum absolute atomic E-state index is 0.00197. The number of hydrogen-bond donors (Lipinski definition) is 0. The van der Waals surface area contributed by atoms with Gasteiger partial charge in [0.15, 0.2) is 0 Å². The van der Waals surface area contributed by atoms with E-state index in [1.54, 1.807) is 12.0 Å². The van der Waals surface area contributed by atoms with Crippen LogP contribution >= 0.6 is 0 Å². The van der Waals surface area contributed by atoms with Crippen LogP contribution < -0.4 is 9.64 Å². The Morgan fingerprint density at radius 3 is 2.67 bits per heavy atom. The Morgan fingerprint density at radius 2 is 1.87 bits per heavy atom. The highest BCUT2D eigenvalue weighted by atomic mass is 16.5. The first-order valence-electron chi connectivity index (χ1n) is 10.6. The van der Waals surface area contributed by atoms with Crippen LogP contribution in [0.25, 0.3) is 0 Å². The number of benzene rings is 2. The third-order valence-electron chi connectivity index (χ3n) is 5.99. The van der Waals surface area contributed by atoms with E-state index in [1.165, 1.54) is 5.56 Å². The molecule has 2 aliphatic heterocycles. The molecule has 0 bridgehead atoms. The third kappa shape index (κ3) is 4.65. The zero-order valence-electron chi connectivity index (χ0n) is 17.5. The van der Waals surface area contributed by atoms with E-state index in [1.807, 2.05) is 35.2 Å². The first-order chi connectivity index (χ1) is 14.6. The molecule has 0 aromatic heterocycles. The number of carbonyl (C=O) groups is 2. The molecule has 6 nitrogen and oxygen atoms in total. The van der Waals surface area contributed by atoms with Crippen LogP contribution in [0.1, 0.15) is 18.4 Å². The molecule has 1 atom stereocenters. The maximum atomic E-state index is 13.2. The summed E-state index contributed by atoms with van der Waals surface area (Å²) in [6, 6.07) is 17.9. The average molecular weight is 408 g/mol. The van der Waals surface area contributed by atoms with Gasteiger partial charge in [-0.3, -0.25) is 14.5 Å². The highest BCUT2D eigenvalue weighted by Crippen LogP contribution is 2.29. The first kappa shape index (κ1) is 20.4. The predicted octanol–water partition coefficient (Wildman–Crippen LogP) is 2.78. The molecule has 6 heteroatoms. The van der Waals surface area contributed by atoms with Gasteiger partial charge in [-0.1, -0.05) is 36.4 Å². The van der Waals surface area contributed by atoms with Crippen LogP contribution in [0.15, 0.2) is 54.6 Å². The van der Waals surface area contributed by atoms with Crippen molar-refractivity contribution >= 4 is 17.5 Å². The Hall–Kier alpha value is -2.86. The van der Waals surface area contributed by atoms with Gasteiger partial charge in [0.05, 0.1) is 13.0 Å². The lowest BCUT2D eigenvalue weighted by molar-refractivity contribution is -0.135. The summed E-state index contributed by atoms with van der Waals surface area (Å²) in [4.78, 5) is 31.8. The molecule has 2 aromatic rings. The van der Waals surface area contributed by atoms with Crippen molar-refractivity contribution in [2.75, 3.05) is 44.7 Å². The minimum Gasteiger partial charge on any atom is -0.497 e. The fourth-order valence-electron chi connectivity index (χ4n) is 4.35. The van der Waals surface area contributed by atoms with Crippen molar-refractivity contribution in [1.29, 1.82) is 0 Å². The normalized spacial score (nSPS) is 20.3. The maximum Gasteiger partial charge on any atom is 0.228 e. The highest BCUT2D eigenvalue weighted by molar-refractivity contribution is 6.00. The molecule has 2 aromatic carbocycles. The van der Waals surface area contributed by atoms with Gasteiger partial charge in [0.1, 0.15) is 5.75 Å². The molecule has 2 heterocycles. The van der Waals surface area contributed by atoms with Gasteiger partial charge in [-0.25, -0.2) is 0 Å². The molecule has 0 N–H and O–H groups in total. The van der Waals surface area contributed by atoms with Crippen molar-refractivity contribution in [3.63, 3.8) is 0 Å². The molecule has 30 heavy (non-hydrogen) atoms. The molecule has 1 unspecified atom stereocenters. The molecule has 0 aliphatic carbocycles. The SMILES string of the molecule is COc1cccc(N2CC(C(=O)N3CCCN(Cc4ccccc4)CC3)CC2=O)c1. The van der Waals surface area contributed by atoms with Crippen LogP contribution in [0, 0.1) is 5.92 Å². The summed E-state index contributed by atoms with van der Waals surface area (Å²) in [6.45, 7) is 4.67. The lowest BCUT2D eigenvalue weighted by Crippen LogP contribution is -2.39. The van der Waals surface area contributed by atoms with Gasteiger partial charge in [-0.2, -0.15) is 0 Å². The number of anilines is 1. The second-order valence-corrected chi connectivity index (χ2v) is 8.05. The number of amides is 2. The monoisotopic (exact) mass is 407 g/mol. The van der Waals surface area contributed by atoms with Crippen molar-refractivity contribution < 1.29 is 14.3 Å². The summed E-state index contributed by atoms with van der Waals surface area (Å²) in [5, 5.41) is 0. The van der Waals surface area contributed by atoms with Crippen LogP contribution in [0.2, 0.25) is 0 Å². The number of hydrogen-bond acceptors (Lipinski definition) is 4. The molecule has 2 amide bonds. The topological polar surface area (TPSA) is 53.1 Å². The third-order valence-corrected chi connectivity index (χ3v) is 5.99. The van der Waals surface area contributed by atoms with Crippen molar-refractivity contribution in [2.45, 2.75) is 19.4 Å². The molecule has 2 saturated heterocycles. The Labute approximate surface area is 178 Å². The lowest BCUT2D eigenvalue weighted by Gasteiger charge is -2.24. The van der Waals surface area contributed by atoms with Gasteiger partial charge in [-0.15, -0.1) is 0 Å². The van der Waals surface area contributed by atoms with Crippen molar-refractivity contribution in [1.82, 2.24) is 9.80 Å². The fourth-order valence-corrected chi connectivity index (χ4v) is 4.35. The van der Waals surface area contributed by atoms with Crippen molar-refractivity contribution in [2.24, 2.45) is 5.92 Å². The molecule has 2 aliphatic rings. The number of nitrogens with zero attached hydrogens (tertiary/aromatic N) is 3. The summed E-state index contributed by atoms with van der Waals surface area (Å²) >= 11 is 0. The van der Waals surface area contributed by atoms with Gasteiger partial charge in [0, 0.05) is 57.4 Å². The Kier molecular flexibility index (Phi) is 6.33. The number of methoxy groups -OCH3 is 1. The molecular weight excluding hydrogens is 378 g/mol. The Balaban J connectivity index is 1.35. The van der Waals surface area contributed by atoms with E-state index >= 15 is 0 Å². The molecule has 0 spiro atoms. The molecule has 158 valence electrons. The fraction of sp³-hybridized carbons (Fsp3) is 0.417. The molecular formula is C24H29N3O3. The molecule has 0 saturated carbocycles. The summed E-state index contributed by atoms with van der Waals surface area (Å²) in [7, 11) is 1.61. The summed E-state index contributed by atoms with van der Waals surface area (Å²) < 4.78 is 5.27. The zero-order chi connectivity index (χ0) is 20.9. The van der Waals surface area contributed by atoms with Gasteiger partial charge in [-0.05, 0) is 24.1 Å². The number of ether oxygens (including phenoxy) is 1. The molecule has 4 rings (SSSR count). The number of carbonyl (C=O) groups excluding carboxylic acids is 2. The van der Waals surface area contributed by atoms with Crippen LogP contribution in [-0.4, -0.2) is 61.4 Å². The molecule has 2 fully saturated rings. The van der Waals surface area contributed by atoms with E-state index in [4.69, 9.17) is 4.74 Å². The van der Waals surface area contributed by atoms with E-state index in [9.17, 15) is 9.59 Å². The quantitative estimate of drug-likeness (QED) is 0.765. The van der Waals surface area contributed by atoms with Gasteiger partial charge < -0.3 is 14.5 Å². The van der Waals surface area contributed by atoms with E-state index in [2.05, 4.69) is 29.2 Å². The van der Waals surface area contributed by atoms with E-state index < -0.39 is 0 Å². The lowest BCUT2D eigenvalue weighted by atomic mass is 10.1. The summed E-state index contributed by atoms with van der Waals surface area (Å²) in [5.74, 6) is 0.544. The van der Waals surface area contributed by atoms with Crippen LogP contribution in [0.4, 0.5) is 5.69 Å². The van der Waals surface area contributed by atoms with Gasteiger partial charge in [0.2, 0.25) is 11.8 Å². The van der Waals surface area contributed by atoms with Crippen LogP contribution in [0.5, 0.6) is 5.75 Å². The Morgan fingerprint density at radius 1 is 1.03 bits per heavy atom.